The van der Waals surface area contributed by atoms with E-state index in [4.69, 9.17) is 5.26 Å². The molecule has 20 heavy (non-hydrogen) atoms. The van der Waals surface area contributed by atoms with Crippen LogP contribution in [-0.4, -0.2) is 9.78 Å². The first kappa shape index (κ1) is 14.1. The Morgan fingerprint density at radius 2 is 2.15 bits per heavy atom. The van der Waals surface area contributed by atoms with Gasteiger partial charge < -0.3 is 5.32 Å². The second-order valence-electron chi connectivity index (χ2n) is 4.96. The van der Waals surface area contributed by atoms with E-state index in [1.165, 1.54) is 11.3 Å². The minimum atomic E-state index is 0.157. The Bertz CT molecular complexity index is 649. The van der Waals surface area contributed by atoms with Crippen LogP contribution in [0.15, 0.2) is 24.3 Å². The predicted molar refractivity (Wildman–Crippen MR) is 80.6 cm³/mol. The summed E-state index contributed by atoms with van der Waals surface area (Å²) in [6.45, 7) is 9.23. The molecular weight excluding hydrogens is 248 g/mol. The maximum Gasteiger partial charge on any atom is 0.0992 e. The van der Waals surface area contributed by atoms with E-state index in [1.807, 2.05) is 35.9 Å². The van der Waals surface area contributed by atoms with Crippen molar-refractivity contribution < 1.29 is 0 Å². The van der Waals surface area contributed by atoms with Crippen molar-refractivity contribution in [2.75, 3.05) is 5.32 Å². The van der Waals surface area contributed by atoms with Gasteiger partial charge in [0.25, 0.3) is 0 Å². The van der Waals surface area contributed by atoms with Crippen molar-refractivity contribution >= 4 is 5.69 Å². The van der Waals surface area contributed by atoms with E-state index in [1.54, 1.807) is 0 Å². The van der Waals surface area contributed by atoms with Gasteiger partial charge in [-0.15, -0.1) is 0 Å². The molecule has 1 unspecified atom stereocenters. The number of rotatable bonds is 4. The average Bonchev–Trinajstić information content (AvgIpc) is 2.73. The molecule has 1 N–H and O–H groups in total. The van der Waals surface area contributed by atoms with E-state index in [-0.39, 0.29) is 6.04 Å². The third kappa shape index (κ3) is 2.67. The molecule has 1 aromatic carbocycles. The lowest BCUT2D eigenvalue weighted by molar-refractivity contribution is 0.632. The van der Waals surface area contributed by atoms with Crippen LogP contribution in [0.3, 0.4) is 0 Å². The Hall–Kier alpha value is -2.28. The van der Waals surface area contributed by atoms with Gasteiger partial charge in [0, 0.05) is 23.5 Å². The van der Waals surface area contributed by atoms with Crippen LogP contribution in [0.4, 0.5) is 5.69 Å². The molecule has 2 rings (SSSR count). The summed E-state index contributed by atoms with van der Waals surface area (Å²) >= 11 is 0. The number of hydrogen-bond donors (Lipinski definition) is 1. The van der Waals surface area contributed by atoms with Gasteiger partial charge in [-0.05, 0) is 45.9 Å². The van der Waals surface area contributed by atoms with E-state index in [0.29, 0.717) is 5.56 Å². The summed E-state index contributed by atoms with van der Waals surface area (Å²) in [6.07, 6.45) is 0. The summed E-state index contributed by atoms with van der Waals surface area (Å²) in [5.41, 5.74) is 5.11. The Labute approximate surface area is 120 Å². The van der Waals surface area contributed by atoms with E-state index < -0.39 is 0 Å². The molecule has 104 valence electrons. The zero-order valence-corrected chi connectivity index (χ0v) is 12.4. The van der Waals surface area contributed by atoms with Gasteiger partial charge in [-0.3, -0.25) is 4.68 Å². The summed E-state index contributed by atoms with van der Waals surface area (Å²) in [4.78, 5) is 0. The SMILES string of the molecule is CCn1nc(C)c(C(C)Nc2cccc(C#N)c2)c1C. The minimum absolute atomic E-state index is 0.157. The Morgan fingerprint density at radius 3 is 2.75 bits per heavy atom. The van der Waals surface area contributed by atoms with Gasteiger partial charge in [0.15, 0.2) is 0 Å². The highest BCUT2D eigenvalue weighted by Gasteiger charge is 2.16. The highest BCUT2D eigenvalue weighted by Crippen LogP contribution is 2.25. The number of benzene rings is 1. The average molecular weight is 268 g/mol. The predicted octanol–water partition coefficient (Wildman–Crippen LogP) is 3.56. The molecule has 1 atom stereocenters. The molecule has 0 amide bonds. The van der Waals surface area contributed by atoms with Crippen molar-refractivity contribution in [2.24, 2.45) is 0 Å². The van der Waals surface area contributed by atoms with Crippen molar-refractivity contribution in [1.82, 2.24) is 9.78 Å². The minimum Gasteiger partial charge on any atom is -0.378 e. The highest BCUT2D eigenvalue weighted by atomic mass is 15.3. The van der Waals surface area contributed by atoms with Crippen LogP contribution in [0, 0.1) is 25.2 Å². The molecular formula is C16H20N4. The number of hydrogen-bond acceptors (Lipinski definition) is 3. The standard InChI is InChI=1S/C16H20N4/c1-5-20-13(4)16(12(3)19-20)11(2)18-15-8-6-7-14(9-15)10-17/h6-9,11,18H,5H2,1-4H3. The molecule has 2 aromatic rings. The Balaban J connectivity index is 2.26. The van der Waals surface area contributed by atoms with Gasteiger partial charge >= 0.3 is 0 Å². The third-order valence-electron chi connectivity index (χ3n) is 3.54. The lowest BCUT2D eigenvalue weighted by atomic mass is 10.1. The zero-order chi connectivity index (χ0) is 14.7. The fourth-order valence-corrected chi connectivity index (χ4v) is 2.65. The second-order valence-corrected chi connectivity index (χ2v) is 4.96. The molecule has 0 bridgehead atoms. The highest BCUT2D eigenvalue weighted by molar-refractivity contribution is 5.51. The number of nitrogens with one attached hydrogen (secondary N) is 1. The molecule has 1 aromatic heterocycles. The largest absolute Gasteiger partial charge is 0.378 e. The third-order valence-corrected chi connectivity index (χ3v) is 3.54. The van der Waals surface area contributed by atoms with Crippen LogP contribution in [0.5, 0.6) is 0 Å². The number of nitrogens with zero attached hydrogens (tertiary/aromatic N) is 3. The normalized spacial score (nSPS) is 11.9. The molecule has 0 saturated heterocycles. The van der Waals surface area contributed by atoms with Gasteiger partial charge in [-0.1, -0.05) is 6.07 Å². The topological polar surface area (TPSA) is 53.6 Å². The number of aryl methyl sites for hydroxylation is 2. The van der Waals surface area contributed by atoms with E-state index in [0.717, 1.165) is 17.9 Å². The summed E-state index contributed by atoms with van der Waals surface area (Å²) in [5, 5.41) is 16.9. The van der Waals surface area contributed by atoms with Crippen LogP contribution in [-0.2, 0) is 6.54 Å². The zero-order valence-electron chi connectivity index (χ0n) is 12.4. The van der Waals surface area contributed by atoms with Crippen LogP contribution in [0.2, 0.25) is 0 Å². The molecule has 0 spiro atoms. The summed E-state index contributed by atoms with van der Waals surface area (Å²) in [6, 6.07) is 9.86. The molecule has 4 nitrogen and oxygen atoms in total. The smallest absolute Gasteiger partial charge is 0.0992 e. The molecule has 0 radical (unpaired) electrons. The monoisotopic (exact) mass is 268 g/mol. The van der Waals surface area contributed by atoms with Crippen molar-refractivity contribution in [3.05, 3.63) is 46.8 Å². The molecule has 0 aliphatic heterocycles. The fraction of sp³-hybridized carbons (Fsp3) is 0.375. The summed E-state index contributed by atoms with van der Waals surface area (Å²) in [7, 11) is 0. The van der Waals surface area contributed by atoms with E-state index >= 15 is 0 Å². The molecule has 0 fully saturated rings. The van der Waals surface area contributed by atoms with Gasteiger partial charge in [-0.25, -0.2) is 0 Å². The van der Waals surface area contributed by atoms with Gasteiger partial charge in [0.05, 0.1) is 23.4 Å². The van der Waals surface area contributed by atoms with Crippen LogP contribution < -0.4 is 5.32 Å². The molecule has 0 aliphatic rings. The van der Waals surface area contributed by atoms with Crippen molar-refractivity contribution in [3.8, 4) is 6.07 Å². The summed E-state index contributed by atoms with van der Waals surface area (Å²) < 4.78 is 2.02. The van der Waals surface area contributed by atoms with Crippen molar-refractivity contribution in [3.63, 3.8) is 0 Å². The van der Waals surface area contributed by atoms with Gasteiger partial charge in [0.1, 0.15) is 0 Å². The van der Waals surface area contributed by atoms with E-state index in [2.05, 4.69) is 37.3 Å². The maximum atomic E-state index is 8.95. The quantitative estimate of drug-likeness (QED) is 0.922. The van der Waals surface area contributed by atoms with Crippen LogP contribution in [0.1, 0.15) is 42.4 Å². The number of anilines is 1. The van der Waals surface area contributed by atoms with E-state index in [9.17, 15) is 0 Å². The first-order valence-electron chi connectivity index (χ1n) is 6.87. The fourth-order valence-electron chi connectivity index (χ4n) is 2.65. The lowest BCUT2D eigenvalue weighted by Crippen LogP contribution is -2.09. The number of nitriles is 1. The Morgan fingerprint density at radius 1 is 1.40 bits per heavy atom. The maximum absolute atomic E-state index is 8.95. The molecule has 0 saturated carbocycles. The molecule has 4 heteroatoms. The Kier molecular flexibility index (Phi) is 4.09. The number of aromatic nitrogens is 2. The second kappa shape index (κ2) is 5.79. The van der Waals surface area contributed by atoms with Crippen molar-refractivity contribution in [1.29, 1.82) is 5.26 Å². The molecule has 0 aliphatic carbocycles. The van der Waals surface area contributed by atoms with Gasteiger partial charge in [-0.2, -0.15) is 10.4 Å². The van der Waals surface area contributed by atoms with Crippen molar-refractivity contribution in [2.45, 2.75) is 40.3 Å². The first-order valence-corrected chi connectivity index (χ1v) is 6.87. The summed E-state index contributed by atoms with van der Waals surface area (Å²) in [5.74, 6) is 0. The lowest BCUT2D eigenvalue weighted by Gasteiger charge is -2.16. The van der Waals surface area contributed by atoms with Crippen LogP contribution >= 0.6 is 0 Å². The first-order chi connectivity index (χ1) is 9.56. The molecule has 1 heterocycles. The van der Waals surface area contributed by atoms with Crippen LogP contribution in [0.25, 0.3) is 0 Å². The van der Waals surface area contributed by atoms with Gasteiger partial charge in [0.2, 0.25) is 0 Å².